The molecule has 0 heterocycles. The summed E-state index contributed by atoms with van der Waals surface area (Å²) in [5.74, 6) is 6.84. The first-order valence-electron chi connectivity index (χ1n) is 9.97. The fraction of sp³-hybridized carbons (Fsp3) is 0.231. The molecular weight excluding hydrogens is 484 g/mol. The molecule has 0 saturated carbocycles. The van der Waals surface area contributed by atoms with Gasteiger partial charge in [0.2, 0.25) is 0 Å². The molecule has 3 aromatic carbocycles. The number of nitrogens with zero attached hydrogens (tertiary/aromatic N) is 1. The van der Waals surface area contributed by atoms with Crippen LogP contribution >= 0.6 is 0 Å². The average molecular weight is 512 g/mol. The number of quaternary nitrogens is 1. The van der Waals surface area contributed by atoms with Crippen LogP contribution in [-0.4, -0.2) is 61.1 Å². The first-order chi connectivity index (χ1) is 14.2. The average Bonchev–Trinajstić information content (AvgIpc) is 2.76. The molecule has 3 rings (SSSR count). The Bertz CT molecular complexity index is 853. The van der Waals surface area contributed by atoms with E-state index in [1.807, 2.05) is 6.07 Å². The molecule has 0 aromatic heterocycles. The zero-order chi connectivity index (χ0) is 20.2. The van der Waals surface area contributed by atoms with Crippen LogP contribution in [0.3, 0.4) is 0 Å². The fourth-order valence-electron chi connectivity index (χ4n) is 2.93. The van der Waals surface area contributed by atoms with Crippen LogP contribution in [0.15, 0.2) is 91.0 Å². The molecule has 0 unspecified atom stereocenters. The summed E-state index contributed by atoms with van der Waals surface area (Å²) in [4.78, 5) is 0. The van der Waals surface area contributed by atoms with E-state index in [-0.39, 0.29) is 0 Å². The van der Waals surface area contributed by atoms with Crippen LogP contribution in [0.5, 0.6) is 0 Å². The van der Waals surface area contributed by atoms with Gasteiger partial charge in [-0.3, -0.25) is 0 Å². The van der Waals surface area contributed by atoms with E-state index in [9.17, 15) is 0 Å². The third kappa shape index (κ3) is 8.23. The summed E-state index contributed by atoms with van der Waals surface area (Å²) in [7, 11) is 2.39. The molecule has 0 aliphatic carbocycles. The quantitative estimate of drug-likeness (QED) is 0.234. The second-order valence-electron chi connectivity index (χ2n) is 7.22. The summed E-state index contributed by atoms with van der Waals surface area (Å²) in [5.41, 5.74) is 1.11. The van der Waals surface area contributed by atoms with E-state index in [0.29, 0.717) is 29.9 Å². The first kappa shape index (κ1) is 21.9. The molecule has 0 fully saturated rings. The Morgan fingerprint density at radius 1 is 0.655 bits per heavy atom. The van der Waals surface area contributed by atoms with E-state index in [4.69, 9.17) is 0 Å². The molecule has 29 heavy (non-hydrogen) atoms. The van der Waals surface area contributed by atoms with Crippen molar-refractivity contribution in [1.29, 1.82) is 0 Å². The summed E-state index contributed by atoms with van der Waals surface area (Å²) >= 11 is 1.08. The summed E-state index contributed by atoms with van der Waals surface area (Å²) < 4.78 is 4.04. The second-order valence-corrected chi connectivity index (χ2v) is 12.1. The van der Waals surface area contributed by atoms with E-state index >= 15 is 0 Å². The van der Waals surface area contributed by atoms with Gasteiger partial charge in [0.25, 0.3) is 0 Å². The Balaban J connectivity index is 1.58. The Hall–Kier alpha value is -1.78. The topological polar surface area (TPSA) is 0 Å². The van der Waals surface area contributed by atoms with Crippen molar-refractivity contribution in [2.24, 2.45) is 0 Å². The molecule has 0 N–H and O–H groups in total. The molecule has 0 aliphatic rings. The van der Waals surface area contributed by atoms with E-state index in [1.54, 1.807) is 0 Å². The van der Waals surface area contributed by atoms with Crippen molar-refractivity contribution >= 4 is 38.8 Å². The van der Waals surface area contributed by atoms with Gasteiger partial charge in [-0.05, 0) is 0 Å². The zero-order valence-electron chi connectivity index (χ0n) is 17.0. The van der Waals surface area contributed by atoms with Crippen molar-refractivity contribution in [3.63, 3.8) is 0 Å². The van der Waals surface area contributed by atoms with Gasteiger partial charge in [-0.15, -0.1) is 0 Å². The number of rotatable bonds is 9. The maximum absolute atomic E-state index is 3.48. The molecule has 0 bridgehead atoms. The van der Waals surface area contributed by atoms with E-state index in [0.717, 1.165) is 16.6 Å². The zero-order valence-corrected chi connectivity index (χ0v) is 20.4. The van der Waals surface area contributed by atoms with Crippen molar-refractivity contribution in [3.8, 4) is 11.8 Å². The predicted molar refractivity (Wildman–Crippen MR) is 127 cm³/mol. The number of benzene rings is 3. The molecular formula is C26H28NSe2+. The SMILES string of the molecule is C[N+](CC#Cc1ccccc1)(CC[Se]c1ccccc1)CC[Se]c1ccccc1. The van der Waals surface area contributed by atoms with Crippen LogP contribution in [0.2, 0.25) is 10.6 Å². The minimum atomic E-state index is 0.540. The van der Waals surface area contributed by atoms with E-state index in [2.05, 4.69) is 104 Å². The van der Waals surface area contributed by atoms with Gasteiger partial charge in [-0.25, -0.2) is 0 Å². The molecule has 0 saturated heterocycles. The molecule has 0 amide bonds. The number of hydrogen-bond donors (Lipinski definition) is 0. The molecule has 148 valence electrons. The van der Waals surface area contributed by atoms with Crippen LogP contribution in [0.1, 0.15) is 5.56 Å². The molecule has 0 aliphatic heterocycles. The number of hydrogen-bond acceptors (Lipinski definition) is 0. The molecule has 1 nitrogen and oxygen atoms in total. The van der Waals surface area contributed by atoms with Crippen molar-refractivity contribution in [2.45, 2.75) is 10.6 Å². The van der Waals surface area contributed by atoms with Gasteiger partial charge < -0.3 is 0 Å². The van der Waals surface area contributed by atoms with Gasteiger partial charge in [-0.2, -0.15) is 0 Å². The summed E-state index contributed by atoms with van der Waals surface area (Å²) in [6.45, 7) is 3.32. The Morgan fingerprint density at radius 3 is 1.59 bits per heavy atom. The Labute approximate surface area is 188 Å². The van der Waals surface area contributed by atoms with Gasteiger partial charge in [0, 0.05) is 0 Å². The minimum absolute atomic E-state index is 0.540. The van der Waals surface area contributed by atoms with E-state index in [1.165, 1.54) is 32.7 Å². The monoisotopic (exact) mass is 514 g/mol. The summed E-state index contributed by atoms with van der Waals surface area (Å²) in [6.07, 6.45) is 0. The maximum atomic E-state index is 3.48. The first-order valence-corrected chi connectivity index (χ1v) is 14.1. The summed E-state index contributed by atoms with van der Waals surface area (Å²) in [6, 6.07) is 32.2. The van der Waals surface area contributed by atoms with E-state index < -0.39 is 0 Å². The molecule has 3 heteroatoms. The molecule has 0 radical (unpaired) electrons. The van der Waals surface area contributed by atoms with Crippen molar-refractivity contribution in [2.75, 3.05) is 26.7 Å². The standard InChI is InChI=1S/C26H28NSe2/c1-27(19-11-14-24-12-5-2-6-13-24,20-22-28-25-15-7-3-8-16-25)21-23-29-26-17-9-4-10-18-26/h2-10,12-13,15-18H,19-23H2,1H3/q+1. The van der Waals surface area contributed by atoms with Crippen LogP contribution in [-0.2, 0) is 0 Å². The Kier molecular flexibility index (Phi) is 9.10. The normalized spacial score (nSPS) is 10.9. The molecule has 3 aromatic rings. The van der Waals surface area contributed by atoms with Crippen LogP contribution < -0.4 is 8.92 Å². The van der Waals surface area contributed by atoms with Crippen molar-refractivity contribution < 1.29 is 4.48 Å². The van der Waals surface area contributed by atoms with Crippen LogP contribution in [0.4, 0.5) is 0 Å². The van der Waals surface area contributed by atoms with Crippen molar-refractivity contribution in [3.05, 3.63) is 96.6 Å². The van der Waals surface area contributed by atoms with Gasteiger partial charge in [0.15, 0.2) is 0 Å². The third-order valence-corrected chi connectivity index (χ3v) is 8.92. The molecule has 0 spiro atoms. The Morgan fingerprint density at radius 2 is 1.10 bits per heavy atom. The predicted octanol–water partition coefficient (Wildman–Crippen LogP) is 3.38. The molecule has 0 atom stereocenters. The van der Waals surface area contributed by atoms with Gasteiger partial charge >= 0.3 is 189 Å². The van der Waals surface area contributed by atoms with Gasteiger partial charge in [0.05, 0.1) is 0 Å². The summed E-state index contributed by atoms with van der Waals surface area (Å²) in [5, 5.41) is 2.53. The van der Waals surface area contributed by atoms with Crippen molar-refractivity contribution in [1.82, 2.24) is 0 Å². The van der Waals surface area contributed by atoms with Gasteiger partial charge in [-0.1, -0.05) is 0 Å². The van der Waals surface area contributed by atoms with Crippen LogP contribution in [0.25, 0.3) is 0 Å². The van der Waals surface area contributed by atoms with Gasteiger partial charge in [0.1, 0.15) is 0 Å². The fourth-order valence-corrected chi connectivity index (χ4v) is 7.61. The van der Waals surface area contributed by atoms with Crippen LogP contribution in [0, 0.1) is 11.8 Å². The third-order valence-electron chi connectivity index (χ3n) is 4.75. The second kappa shape index (κ2) is 12.0.